The van der Waals surface area contributed by atoms with E-state index in [4.69, 9.17) is 4.74 Å². The third-order valence-corrected chi connectivity index (χ3v) is 2.99. The summed E-state index contributed by atoms with van der Waals surface area (Å²) in [5, 5.41) is 6.02. The fraction of sp³-hybridized carbons (Fsp3) is 0.533. The number of carbonyl (C=O) groups excluding carboxylic acids is 1. The van der Waals surface area contributed by atoms with Crippen molar-refractivity contribution in [1.82, 2.24) is 10.6 Å². The van der Waals surface area contributed by atoms with Gasteiger partial charge in [0.1, 0.15) is 5.75 Å². The number of carbonyl (C=O) groups is 1. The Hall–Kier alpha value is -1.26. The molecular weight excluding hydrogens is 276 g/mol. The molecule has 0 radical (unpaired) electrons. The lowest BCUT2D eigenvalue weighted by Gasteiger charge is -2.18. The number of rotatable bonds is 7. The average molecular weight is 301 g/mol. The van der Waals surface area contributed by atoms with Crippen molar-refractivity contribution in [2.45, 2.75) is 26.8 Å². The quantitative estimate of drug-likeness (QED) is 0.813. The summed E-state index contributed by atoms with van der Waals surface area (Å²) in [4.78, 5) is 11.9. The summed E-state index contributed by atoms with van der Waals surface area (Å²) in [6.07, 6.45) is 0. The molecule has 0 fully saturated rings. The predicted molar refractivity (Wildman–Crippen MR) is 84.5 cm³/mol. The van der Waals surface area contributed by atoms with E-state index >= 15 is 0 Å². The minimum atomic E-state index is -0.0393. The molecule has 0 aliphatic heterocycles. The van der Waals surface area contributed by atoms with Gasteiger partial charge in [-0.25, -0.2) is 0 Å². The summed E-state index contributed by atoms with van der Waals surface area (Å²) < 4.78 is 5.46. The van der Waals surface area contributed by atoms with Gasteiger partial charge in [-0.2, -0.15) is 0 Å². The lowest BCUT2D eigenvalue weighted by Crippen LogP contribution is -2.35. The maximum absolute atomic E-state index is 11.9. The van der Waals surface area contributed by atoms with Gasteiger partial charge in [0, 0.05) is 12.5 Å². The van der Waals surface area contributed by atoms with Crippen LogP contribution in [0.2, 0.25) is 0 Å². The molecule has 0 saturated carbocycles. The molecule has 5 heteroatoms. The van der Waals surface area contributed by atoms with Crippen molar-refractivity contribution in [1.29, 1.82) is 0 Å². The van der Waals surface area contributed by atoms with Crippen LogP contribution in [0.5, 0.6) is 5.75 Å². The van der Waals surface area contributed by atoms with Gasteiger partial charge in [0.15, 0.2) is 0 Å². The molecule has 0 heterocycles. The number of nitrogens with one attached hydrogen (secondary N) is 2. The summed E-state index contributed by atoms with van der Waals surface area (Å²) in [7, 11) is 1.85. The minimum absolute atomic E-state index is 0. The molecule has 4 nitrogen and oxygen atoms in total. The van der Waals surface area contributed by atoms with Crippen LogP contribution < -0.4 is 15.4 Å². The number of benzene rings is 1. The predicted octanol–water partition coefficient (Wildman–Crippen LogP) is 2.54. The molecule has 0 aliphatic carbocycles. The molecule has 1 rings (SSSR count). The van der Waals surface area contributed by atoms with Crippen LogP contribution in [0.15, 0.2) is 24.3 Å². The highest BCUT2D eigenvalue weighted by Crippen LogP contribution is 2.19. The van der Waals surface area contributed by atoms with Crippen molar-refractivity contribution in [3.8, 4) is 5.75 Å². The molecule has 1 aromatic rings. The number of hydrogen-bond acceptors (Lipinski definition) is 3. The monoisotopic (exact) mass is 300 g/mol. The lowest BCUT2D eigenvalue weighted by atomic mass is 10.1. The first-order valence-corrected chi connectivity index (χ1v) is 6.76. The first-order chi connectivity index (χ1) is 9.08. The second-order valence-corrected chi connectivity index (χ2v) is 4.69. The van der Waals surface area contributed by atoms with Crippen molar-refractivity contribution < 1.29 is 9.53 Å². The van der Waals surface area contributed by atoms with Gasteiger partial charge >= 0.3 is 0 Å². The van der Waals surface area contributed by atoms with Crippen molar-refractivity contribution in [2.75, 3.05) is 20.2 Å². The largest absolute Gasteiger partial charge is 0.494 e. The SMILES string of the molecule is CCOc1cccc(C(C)NC(=O)C(C)CNC)c1.Cl. The van der Waals surface area contributed by atoms with Crippen LogP contribution in [0.4, 0.5) is 0 Å². The number of amides is 1. The van der Waals surface area contributed by atoms with Gasteiger partial charge in [0.05, 0.1) is 12.6 Å². The molecule has 2 unspecified atom stereocenters. The van der Waals surface area contributed by atoms with Crippen molar-refractivity contribution in [3.63, 3.8) is 0 Å². The van der Waals surface area contributed by atoms with Gasteiger partial charge in [0.25, 0.3) is 0 Å². The minimum Gasteiger partial charge on any atom is -0.494 e. The Balaban J connectivity index is 0.00000361. The van der Waals surface area contributed by atoms with Gasteiger partial charge in [-0.15, -0.1) is 12.4 Å². The Morgan fingerprint density at radius 1 is 1.35 bits per heavy atom. The number of ether oxygens (including phenoxy) is 1. The van der Waals surface area contributed by atoms with Gasteiger partial charge in [0.2, 0.25) is 5.91 Å². The molecule has 0 aliphatic rings. The maximum atomic E-state index is 11.9. The summed E-state index contributed by atoms with van der Waals surface area (Å²) in [5.41, 5.74) is 1.05. The molecular formula is C15H25ClN2O2. The fourth-order valence-corrected chi connectivity index (χ4v) is 1.88. The molecule has 0 aromatic heterocycles. The average Bonchev–Trinajstić information content (AvgIpc) is 2.39. The zero-order valence-corrected chi connectivity index (χ0v) is 13.4. The highest BCUT2D eigenvalue weighted by atomic mass is 35.5. The van der Waals surface area contributed by atoms with E-state index in [2.05, 4.69) is 10.6 Å². The molecule has 20 heavy (non-hydrogen) atoms. The Morgan fingerprint density at radius 3 is 2.65 bits per heavy atom. The van der Waals surface area contributed by atoms with Gasteiger partial charge in [-0.05, 0) is 38.6 Å². The van der Waals surface area contributed by atoms with Crippen LogP contribution in [-0.4, -0.2) is 26.1 Å². The summed E-state index contributed by atoms with van der Waals surface area (Å²) >= 11 is 0. The van der Waals surface area contributed by atoms with E-state index in [9.17, 15) is 4.79 Å². The Labute approximate surface area is 127 Å². The van der Waals surface area contributed by atoms with Crippen LogP contribution in [0.1, 0.15) is 32.4 Å². The summed E-state index contributed by atoms with van der Waals surface area (Å²) in [6.45, 7) is 7.17. The zero-order chi connectivity index (χ0) is 14.3. The highest BCUT2D eigenvalue weighted by Gasteiger charge is 2.15. The van der Waals surface area contributed by atoms with Crippen LogP contribution >= 0.6 is 12.4 Å². The van der Waals surface area contributed by atoms with Crippen molar-refractivity contribution in [3.05, 3.63) is 29.8 Å². The topological polar surface area (TPSA) is 50.4 Å². The smallest absolute Gasteiger partial charge is 0.224 e. The van der Waals surface area contributed by atoms with E-state index in [1.54, 1.807) is 0 Å². The molecule has 0 bridgehead atoms. The number of hydrogen-bond donors (Lipinski definition) is 2. The second-order valence-electron chi connectivity index (χ2n) is 4.69. The molecule has 2 atom stereocenters. The molecule has 1 aromatic carbocycles. The van der Waals surface area contributed by atoms with Gasteiger partial charge < -0.3 is 15.4 Å². The highest BCUT2D eigenvalue weighted by molar-refractivity contribution is 5.85. The van der Waals surface area contributed by atoms with Gasteiger partial charge in [-0.1, -0.05) is 19.1 Å². The van der Waals surface area contributed by atoms with Gasteiger partial charge in [-0.3, -0.25) is 4.79 Å². The Kier molecular flexibility index (Phi) is 9.01. The molecule has 0 saturated heterocycles. The molecule has 2 N–H and O–H groups in total. The third kappa shape index (κ3) is 5.80. The van der Waals surface area contributed by atoms with Crippen LogP contribution in [0.25, 0.3) is 0 Å². The van der Waals surface area contributed by atoms with Crippen molar-refractivity contribution in [2.24, 2.45) is 5.92 Å². The van der Waals surface area contributed by atoms with E-state index < -0.39 is 0 Å². The van der Waals surface area contributed by atoms with Crippen LogP contribution in [-0.2, 0) is 4.79 Å². The van der Waals surface area contributed by atoms with Crippen LogP contribution in [0.3, 0.4) is 0 Å². The van der Waals surface area contributed by atoms with Crippen LogP contribution in [0, 0.1) is 5.92 Å². The van der Waals surface area contributed by atoms with E-state index in [0.29, 0.717) is 13.2 Å². The fourth-order valence-electron chi connectivity index (χ4n) is 1.88. The van der Waals surface area contributed by atoms with Crippen molar-refractivity contribution >= 4 is 18.3 Å². The van der Waals surface area contributed by atoms with E-state index in [1.165, 1.54) is 0 Å². The van der Waals surface area contributed by atoms with E-state index in [-0.39, 0.29) is 30.3 Å². The Morgan fingerprint density at radius 2 is 2.05 bits per heavy atom. The third-order valence-electron chi connectivity index (χ3n) is 2.99. The second kappa shape index (κ2) is 9.61. The molecule has 1 amide bonds. The standard InChI is InChI=1S/C15H24N2O2.ClH/c1-5-19-14-8-6-7-13(9-14)12(3)17-15(18)11(2)10-16-4;/h6-9,11-12,16H,5,10H2,1-4H3,(H,17,18);1H. The maximum Gasteiger partial charge on any atom is 0.224 e. The first-order valence-electron chi connectivity index (χ1n) is 6.76. The summed E-state index contributed by atoms with van der Waals surface area (Å²) in [6, 6.07) is 7.81. The lowest BCUT2D eigenvalue weighted by molar-refractivity contribution is -0.125. The normalized spacial score (nSPS) is 13.0. The number of halogens is 1. The first kappa shape index (κ1) is 18.7. The van der Waals surface area contributed by atoms with E-state index in [0.717, 1.165) is 11.3 Å². The zero-order valence-electron chi connectivity index (χ0n) is 12.6. The van der Waals surface area contributed by atoms with E-state index in [1.807, 2.05) is 52.1 Å². The molecule has 114 valence electrons. The summed E-state index contributed by atoms with van der Waals surface area (Å²) in [5.74, 6) is 0.857. The Bertz CT molecular complexity index is 413. The molecule has 0 spiro atoms.